The normalized spacial score (nSPS) is 22.7. The second-order valence-corrected chi connectivity index (χ2v) is 4.29. The van der Waals surface area contributed by atoms with Gasteiger partial charge in [-0.1, -0.05) is 13.3 Å². The van der Waals surface area contributed by atoms with E-state index in [1.54, 1.807) is 0 Å². The molecule has 4 nitrogen and oxygen atoms in total. The van der Waals surface area contributed by atoms with Crippen LogP contribution in [0.15, 0.2) is 0 Å². The minimum atomic E-state index is 0.164. The lowest BCUT2D eigenvalue weighted by molar-refractivity contribution is -0.122. The topological polar surface area (TPSA) is 44.4 Å². The lowest BCUT2D eigenvalue weighted by Gasteiger charge is -2.31. The summed E-state index contributed by atoms with van der Waals surface area (Å²) in [6, 6.07) is 0.502. The fraction of sp³-hybridized carbons (Fsp3) is 0.909. The van der Waals surface area contributed by atoms with Gasteiger partial charge in [-0.2, -0.15) is 0 Å². The van der Waals surface area contributed by atoms with E-state index in [1.165, 1.54) is 0 Å². The highest BCUT2D eigenvalue weighted by atomic mass is 16.2. The molecule has 0 spiro atoms. The molecule has 1 fully saturated rings. The van der Waals surface area contributed by atoms with E-state index < -0.39 is 0 Å². The third-order valence-corrected chi connectivity index (χ3v) is 2.67. The van der Waals surface area contributed by atoms with Gasteiger partial charge < -0.3 is 10.6 Å². The Hall–Kier alpha value is -0.610. The van der Waals surface area contributed by atoms with Crippen molar-refractivity contribution in [2.75, 3.05) is 32.7 Å². The Bertz CT molecular complexity index is 196. The van der Waals surface area contributed by atoms with Gasteiger partial charge in [-0.15, -0.1) is 0 Å². The predicted molar refractivity (Wildman–Crippen MR) is 61.8 cm³/mol. The van der Waals surface area contributed by atoms with Crippen molar-refractivity contribution in [1.29, 1.82) is 0 Å². The fourth-order valence-electron chi connectivity index (χ4n) is 1.82. The Labute approximate surface area is 92.4 Å². The van der Waals surface area contributed by atoms with Gasteiger partial charge in [0.05, 0.1) is 6.54 Å². The first-order valence-electron chi connectivity index (χ1n) is 5.94. The molecule has 1 amide bonds. The summed E-state index contributed by atoms with van der Waals surface area (Å²) < 4.78 is 0. The number of rotatable bonds is 5. The maximum atomic E-state index is 11.5. The van der Waals surface area contributed by atoms with Crippen LogP contribution in [0.3, 0.4) is 0 Å². The predicted octanol–water partition coefficient (Wildman–Crippen LogP) is 0.196. The van der Waals surface area contributed by atoms with Crippen molar-refractivity contribution in [2.45, 2.75) is 32.7 Å². The number of piperazine rings is 1. The van der Waals surface area contributed by atoms with Crippen molar-refractivity contribution in [2.24, 2.45) is 0 Å². The van der Waals surface area contributed by atoms with Gasteiger partial charge >= 0.3 is 0 Å². The highest BCUT2D eigenvalue weighted by Gasteiger charge is 2.17. The quantitative estimate of drug-likeness (QED) is 0.641. The third kappa shape index (κ3) is 5.14. The number of hydrogen-bond acceptors (Lipinski definition) is 3. The zero-order valence-electron chi connectivity index (χ0n) is 9.88. The molecule has 2 N–H and O–H groups in total. The van der Waals surface area contributed by atoms with E-state index in [0.717, 1.165) is 39.0 Å². The maximum absolute atomic E-state index is 11.5. The number of carbonyl (C=O) groups is 1. The van der Waals surface area contributed by atoms with E-state index >= 15 is 0 Å². The SMILES string of the molecule is CCCCNC(=O)CN1CCN[C@@H](C)C1. The van der Waals surface area contributed by atoms with Gasteiger partial charge in [-0.05, 0) is 13.3 Å². The van der Waals surface area contributed by atoms with Crippen LogP contribution in [0, 0.1) is 0 Å². The third-order valence-electron chi connectivity index (χ3n) is 2.67. The molecule has 0 aliphatic carbocycles. The Balaban J connectivity index is 2.13. The average molecular weight is 213 g/mol. The number of nitrogens with zero attached hydrogens (tertiary/aromatic N) is 1. The van der Waals surface area contributed by atoms with Crippen LogP contribution in [0.1, 0.15) is 26.7 Å². The molecule has 0 aromatic carbocycles. The van der Waals surface area contributed by atoms with Crippen molar-refractivity contribution in [1.82, 2.24) is 15.5 Å². The van der Waals surface area contributed by atoms with Gasteiger partial charge in [0.1, 0.15) is 0 Å². The molecule has 0 unspecified atom stereocenters. The van der Waals surface area contributed by atoms with E-state index in [0.29, 0.717) is 12.6 Å². The monoisotopic (exact) mass is 213 g/mol. The van der Waals surface area contributed by atoms with Crippen LogP contribution in [0.25, 0.3) is 0 Å². The molecule has 88 valence electrons. The Morgan fingerprint density at radius 2 is 2.40 bits per heavy atom. The smallest absolute Gasteiger partial charge is 0.234 e. The van der Waals surface area contributed by atoms with Gasteiger partial charge in [-0.3, -0.25) is 9.69 Å². The van der Waals surface area contributed by atoms with E-state index in [9.17, 15) is 4.79 Å². The molecular weight excluding hydrogens is 190 g/mol. The zero-order chi connectivity index (χ0) is 11.1. The number of unbranched alkanes of at least 4 members (excludes halogenated alkanes) is 1. The first kappa shape index (κ1) is 12.5. The van der Waals surface area contributed by atoms with Crippen LogP contribution in [0.4, 0.5) is 0 Å². The molecule has 0 bridgehead atoms. The molecule has 0 saturated carbocycles. The van der Waals surface area contributed by atoms with Crippen LogP contribution in [0.5, 0.6) is 0 Å². The summed E-state index contributed by atoms with van der Waals surface area (Å²) in [6.07, 6.45) is 2.20. The minimum Gasteiger partial charge on any atom is -0.355 e. The van der Waals surface area contributed by atoms with E-state index in [1.807, 2.05) is 0 Å². The molecule has 0 aromatic heterocycles. The van der Waals surface area contributed by atoms with Crippen LogP contribution in [-0.4, -0.2) is 49.6 Å². The van der Waals surface area contributed by atoms with Gasteiger partial charge in [0.2, 0.25) is 5.91 Å². The molecule has 1 atom stereocenters. The molecule has 1 aliphatic rings. The summed E-state index contributed by atoms with van der Waals surface area (Å²) in [4.78, 5) is 13.7. The van der Waals surface area contributed by atoms with E-state index in [2.05, 4.69) is 29.4 Å². The number of nitrogens with one attached hydrogen (secondary N) is 2. The minimum absolute atomic E-state index is 0.164. The van der Waals surface area contributed by atoms with Crippen molar-refractivity contribution >= 4 is 5.91 Å². The zero-order valence-corrected chi connectivity index (χ0v) is 9.88. The number of amides is 1. The van der Waals surface area contributed by atoms with Crippen LogP contribution < -0.4 is 10.6 Å². The molecular formula is C11H23N3O. The van der Waals surface area contributed by atoms with Gasteiger partial charge in [0.15, 0.2) is 0 Å². The molecule has 4 heteroatoms. The second kappa shape index (κ2) is 6.80. The average Bonchev–Trinajstić information content (AvgIpc) is 2.18. The van der Waals surface area contributed by atoms with Crippen molar-refractivity contribution < 1.29 is 4.79 Å². The first-order valence-corrected chi connectivity index (χ1v) is 5.94. The lowest BCUT2D eigenvalue weighted by Crippen LogP contribution is -2.51. The summed E-state index contributed by atoms with van der Waals surface area (Å²) in [5, 5.41) is 6.31. The van der Waals surface area contributed by atoms with Crippen molar-refractivity contribution in [3.8, 4) is 0 Å². The second-order valence-electron chi connectivity index (χ2n) is 4.29. The van der Waals surface area contributed by atoms with Gasteiger partial charge in [-0.25, -0.2) is 0 Å². The summed E-state index contributed by atoms with van der Waals surface area (Å²) in [6.45, 7) is 8.59. The molecule has 15 heavy (non-hydrogen) atoms. The summed E-state index contributed by atoms with van der Waals surface area (Å²) in [7, 11) is 0. The molecule has 0 aromatic rings. The fourth-order valence-corrected chi connectivity index (χ4v) is 1.82. The van der Waals surface area contributed by atoms with Gasteiger partial charge in [0.25, 0.3) is 0 Å². The van der Waals surface area contributed by atoms with Crippen LogP contribution >= 0.6 is 0 Å². The highest BCUT2D eigenvalue weighted by Crippen LogP contribution is 1.97. The maximum Gasteiger partial charge on any atom is 0.234 e. The summed E-state index contributed by atoms with van der Waals surface area (Å²) in [5.74, 6) is 0.164. The summed E-state index contributed by atoms with van der Waals surface area (Å²) >= 11 is 0. The van der Waals surface area contributed by atoms with E-state index in [4.69, 9.17) is 0 Å². The Morgan fingerprint density at radius 1 is 1.60 bits per heavy atom. The van der Waals surface area contributed by atoms with Gasteiger partial charge in [0, 0.05) is 32.2 Å². The number of carbonyl (C=O) groups excluding carboxylic acids is 1. The molecule has 1 saturated heterocycles. The first-order chi connectivity index (χ1) is 7.22. The largest absolute Gasteiger partial charge is 0.355 e. The molecule has 0 radical (unpaired) electrons. The number of hydrogen-bond donors (Lipinski definition) is 2. The Kier molecular flexibility index (Phi) is 5.65. The van der Waals surface area contributed by atoms with Crippen LogP contribution in [0.2, 0.25) is 0 Å². The highest BCUT2D eigenvalue weighted by molar-refractivity contribution is 5.77. The lowest BCUT2D eigenvalue weighted by atomic mass is 10.2. The van der Waals surface area contributed by atoms with E-state index in [-0.39, 0.29) is 5.91 Å². The molecule has 1 heterocycles. The van der Waals surface area contributed by atoms with Crippen molar-refractivity contribution in [3.05, 3.63) is 0 Å². The van der Waals surface area contributed by atoms with Crippen LogP contribution in [-0.2, 0) is 4.79 Å². The van der Waals surface area contributed by atoms with Crippen molar-refractivity contribution in [3.63, 3.8) is 0 Å². The summed E-state index contributed by atoms with van der Waals surface area (Å²) in [5.41, 5.74) is 0. The molecule has 1 aliphatic heterocycles. The Morgan fingerprint density at radius 3 is 3.07 bits per heavy atom. The standard InChI is InChI=1S/C11H23N3O/c1-3-4-5-13-11(15)9-14-7-6-12-10(2)8-14/h10,12H,3-9H2,1-2H3,(H,13,15)/t10-/m0/s1. The molecule has 1 rings (SSSR count).